The van der Waals surface area contributed by atoms with Crippen molar-refractivity contribution in [3.05, 3.63) is 35.4 Å². The molecule has 2 aliphatic rings. The SMILES string of the molecule is CN=C(NCC1(SC)CCOCC1)N1CCc2ccccc2C1.I. The number of ether oxygens (including phenoxy) is 1. The molecule has 0 amide bonds. The smallest absolute Gasteiger partial charge is 0.194 e. The Labute approximate surface area is 166 Å². The Balaban J connectivity index is 0.00000208. The van der Waals surface area contributed by atoms with Gasteiger partial charge in [0.25, 0.3) is 0 Å². The van der Waals surface area contributed by atoms with Crippen LogP contribution in [0.4, 0.5) is 0 Å². The largest absolute Gasteiger partial charge is 0.381 e. The number of fused-ring (bicyclic) bond motifs is 1. The minimum absolute atomic E-state index is 0. The van der Waals surface area contributed by atoms with Crippen molar-refractivity contribution < 1.29 is 4.74 Å². The van der Waals surface area contributed by atoms with E-state index in [1.54, 1.807) is 0 Å². The van der Waals surface area contributed by atoms with Crippen molar-refractivity contribution in [2.24, 2.45) is 4.99 Å². The highest BCUT2D eigenvalue weighted by molar-refractivity contribution is 14.0. The average molecular weight is 461 g/mol. The van der Waals surface area contributed by atoms with Crippen molar-refractivity contribution >= 4 is 41.7 Å². The zero-order valence-corrected chi connectivity index (χ0v) is 17.7. The summed E-state index contributed by atoms with van der Waals surface area (Å²) in [6.07, 6.45) is 5.53. The van der Waals surface area contributed by atoms with Crippen molar-refractivity contribution in [2.45, 2.75) is 30.6 Å². The average Bonchev–Trinajstić information content (AvgIpc) is 2.63. The second kappa shape index (κ2) is 9.29. The van der Waals surface area contributed by atoms with Crippen molar-refractivity contribution in [3.8, 4) is 0 Å². The summed E-state index contributed by atoms with van der Waals surface area (Å²) in [5.74, 6) is 1.03. The molecule has 2 aliphatic heterocycles. The fraction of sp³-hybridized carbons (Fsp3) is 0.611. The Morgan fingerprint density at radius 1 is 1.29 bits per heavy atom. The van der Waals surface area contributed by atoms with Gasteiger partial charge in [0.1, 0.15) is 0 Å². The predicted molar refractivity (Wildman–Crippen MR) is 114 cm³/mol. The lowest BCUT2D eigenvalue weighted by molar-refractivity contribution is 0.0781. The summed E-state index contributed by atoms with van der Waals surface area (Å²) in [7, 11) is 1.89. The van der Waals surface area contributed by atoms with Crippen molar-refractivity contribution in [3.63, 3.8) is 0 Å². The van der Waals surface area contributed by atoms with Crippen LogP contribution in [-0.4, -0.2) is 55.2 Å². The van der Waals surface area contributed by atoms with Gasteiger partial charge in [-0.2, -0.15) is 11.8 Å². The molecular weight excluding hydrogens is 433 g/mol. The summed E-state index contributed by atoms with van der Waals surface area (Å²) < 4.78 is 5.81. The Kier molecular flexibility index (Phi) is 7.68. The highest BCUT2D eigenvalue weighted by Crippen LogP contribution is 2.33. The molecule has 0 unspecified atom stereocenters. The Hall–Kier alpha value is -0.470. The van der Waals surface area contributed by atoms with Crippen LogP contribution in [0, 0.1) is 0 Å². The first-order valence-electron chi connectivity index (χ1n) is 8.42. The summed E-state index contributed by atoms with van der Waals surface area (Å²) in [5, 5.41) is 3.63. The first-order valence-corrected chi connectivity index (χ1v) is 9.64. The summed E-state index contributed by atoms with van der Waals surface area (Å²) >= 11 is 1.96. The van der Waals surface area contributed by atoms with E-state index in [1.807, 2.05) is 18.8 Å². The first-order chi connectivity index (χ1) is 11.3. The van der Waals surface area contributed by atoms with Crippen LogP contribution in [0.3, 0.4) is 0 Å². The maximum Gasteiger partial charge on any atom is 0.194 e. The predicted octanol–water partition coefficient (Wildman–Crippen LogP) is 3.15. The highest BCUT2D eigenvalue weighted by Gasteiger charge is 2.32. The van der Waals surface area contributed by atoms with E-state index < -0.39 is 0 Å². The fourth-order valence-electron chi connectivity index (χ4n) is 3.45. The van der Waals surface area contributed by atoms with E-state index in [-0.39, 0.29) is 28.7 Å². The van der Waals surface area contributed by atoms with Crippen molar-refractivity contribution in [1.82, 2.24) is 10.2 Å². The number of thioether (sulfide) groups is 1. The number of nitrogens with zero attached hydrogens (tertiary/aromatic N) is 2. The molecule has 0 atom stereocenters. The van der Waals surface area contributed by atoms with E-state index in [4.69, 9.17) is 4.74 Å². The van der Waals surface area contributed by atoms with Gasteiger partial charge in [-0.25, -0.2) is 0 Å². The van der Waals surface area contributed by atoms with Gasteiger partial charge in [0.2, 0.25) is 0 Å². The molecule has 0 aromatic heterocycles. The number of benzene rings is 1. The zero-order chi connectivity index (χ0) is 16.1. The van der Waals surface area contributed by atoms with Gasteiger partial charge >= 0.3 is 0 Å². The number of rotatable bonds is 3. The second-order valence-electron chi connectivity index (χ2n) is 6.34. The molecule has 134 valence electrons. The molecule has 3 rings (SSSR count). The third-order valence-corrected chi connectivity index (χ3v) is 6.47. The maximum atomic E-state index is 5.53. The van der Waals surface area contributed by atoms with Gasteiger partial charge in [0, 0.05) is 44.6 Å². The molecule has 0 bridgehead atoms. The molecule has 1 N–H and O–H groups in total. The molecule has 6 heteroatoms. The quantitative estimate of drug-likeness (QED) is 0.427. The van der Waals surface area contributed by atoms with Crippen LogP contribution in [0.1, 0.15) is 24.0 Å². The molecule has 0 aliphatic carbocycles. The lowest BCUT2D eigenvalue weighted by Gasteiger charge is -2.38. The molecule has 2 heterocycles. The van der Waals surface area contributed by atoms with Gasteiger partial charge < -0.3 is 15.0 Å². The van der Waals surface area contributed by atoms with Crippen LogP contribution in [0.15, 0.2) is 29.3 Å². The topological polar surface area (TPSA) is 36.9 Å². The molecule has 1 aromatic rings. The van der Waals surface area contributed by atoms with Crippen molar-refractivity contribution in [1.29, 1.82) is 0 Å². The number of halogens is 1. The molecule has 1 aromatic carbocycles. The molecule has 0 saturated carbocycles. The summed E-state index contributed by atoms with van der Waals surface area (Å²) in [4.78, 5) is 6.90. The Bertz CT molecular complexity index is 561. The number of nitrogens with one attached hydrogen (secondary N) is 1. The van der Waals surface area contributed by atoms with Crippen molar-refractivity contribution in [2.75, 3.05) is 39.6 Å². The molecule has 0 spiro atoms. The van der Waals surface area contributed by atoms with Gasteiger partial charge in [-0.1, -0.05) is 24.3 Å². The molecular formula is C18H28IN3OS. The number of hydrogen-bond donors (Lipinski definition) is 1. The maximum absolute atomic E-state index is 5.53. The van der Waals surface area contributed by atoms with Crippen LogP contribution >= 0.6 is 35.7 Å². The highest BCUT2D eigenvalue weighted by atomic mass is 127. The minimum atomic E-state index is 0. The van der Waals surface area contributed by atoms with E-state index in [9.17, 15) is 0 Å². The molecule has 0 radical (unpaired) electrons. The molecule has 24 heavy (non-hydrogen) atoms. The molecule has 1 fully saturated rings. The molecule has 4 nitrogen and oxygen atoms in total. The zero-order valence-electron chi connectivity index (χ0n) is 14.6. The molecule has 1 saturated heterocycles. The standard InChI is InChI=1S/C18H27N3OS.HI/c1-19-17(20-14-18(23-2)8-11-22-12-9-18)21-10-7-15-5-3-4-6-16(15)13-21;/h3-6H,7-14H2,1-2H3,(H,19,20);1H. The third-order valence-electron chi connectivity index (χ3n) is 5.05. The fourth-order valence-corrected chi connectivity index (χ4v) is 4.24. The second-order valence-corrected chi connectivity index (χ2v) is 7.61. The van der Waals surface area contributed by atoms with Crippen LogP contribution < -0.4 is 5.32 Å². The van der Waals surface area contributed by atoms with E-state index >= 15 is 0 Å². The van der Waals surface area contributed by atoms with Crippen LogP contribution in [0.25, 0.3) is 0 Å². The lowest BCUT2D eigenvalue weighted by Crippen LogP contribution is -2.50. The lowest BCUT2D eigenvalue weighted by atomic mass is 9.98. The van der Waals surface area contributed by atoms with E-state index in [1.165, 1.54) is 11.1 Å². The normalized spacial score (nSPS) is 20.1. The first kappa shape index (κ1) is 19.8. The van der Waals surface area contributed by atoms with Gasteiger partial charge in [-0.15, -0.1) is 24.0 Å². The van der Waals surface area contributed by atoms with E-state index in [2.05, 4.69) is 45.7 Å². The van der Waals surface area contributed by atoms with Crippen LogP contribution in [0.2, 0.25) is 0 Å². The van der Waals surface area contributed by atoms with Crippen LogP contribution in [-0.2, 0) is 17.7 Å². The van der Waals surface area contributed by atoms with Gasteiger partial charge in [0.15, 0.2) is 5.96 Å². The van der Waals surface area contributed by atoms with E-state index in [0.717, 1.165) is 58.1 Å². The van der Waals surface area contributed by atoms with Gasteiger partial charge in [0.05, 0.1) is 0 Å². The number of guanidine groups is 1. The number of aliphatic imine (C=N–C) groups is 1. The van der Waals surface area contributed by atoms with Crippen LogP contribution in [0.5, 0.6) is 0 Å². The van der Waals surface area contributed by atoms with E-state index in [0.29, 0.717) is 0 Å². The third kappa shape index (κ3) is 4.58. The number of hydrogen-bond acceptors (Lipinski definition) is 3. The monoisotopic (exact) mass is 461 g/mol. The van der Waals surface area contributed by atoms with Gasteiger partial charge in [-0.05, 0) is 36.6 Å². The summed E-state index contributed by atoms with van der Waals surface area (Å²) in [5.41, 5.74) is 2.90. The summed E-state index contributed by atoms with van der Waals surface area (Å²) in [6, 6.07) is 8.74. The Morgan fingerprint density at radius 3 is 2.67 bits per heavy atom. The summed E-state index contributed by atoms with van der Waals surface area (Å²) in [6.45, 7) is 4.69. The van der Waals surface area contributed by atoms with Gasteiger partial charge in [-0.3, -0.25) is 4.99 Å². The minimum Gasteiger partial charge on any atom is -0.381 e. The Morgan fingerprint density at radius 2 is 2.00 bits per heavy atom.